The summed E-state index contributed by atoms with van der Waals surface area (Å²) in [6.45, 7) is 5.07. The Balaban J connectivity index is 0. The molecular formula is C8H18N2O2. The predicted molar refractivity (Wildman–Crippen MR) is 50.0 cm³/mol. The molecule has 0 heterocycles. The lowest BCUT2D eigenvalue weighted by Gasteiger charge is -2.17. The van der Waals surface area contributed by atoms with Crippen molar-refractivity contribution in [3.63, 3.8) is 0 Å². The number of rotatable bonds is 3. The maximum absolute atomic E-state index is 9.25. The van der Waals surface area contributed by atoms with E-state index >= 15 is 0 Å². The van der Waals surface area contributed by atoms with E-state index in [0.29, 0.717) is 6.17 Å². The molecule has 0 amide bonds. The Morgan fingerprint density at radius 2 is 2.00 bits per heavy atom. The minimum absolute atomic E-state index is 0.486. The molecule has 0 aliphatic carbocycles. The van der Waals surface area contributed by atoms with Gasteiger partial charge in [-0.3, -0.25) is 4.90 Å². The maximum atomic E-state index is 9.25. The van der Waals surface area contributed by atoms with Crippen LogP contribution < -0.4 is 5.32 Å². The lowest BCUT2D eigenvalue weighted by atomic mass is 10.5. The van der Waals surface area contributed by atoms with Crippen molar-refractivity contribution in [2.75, 3.05) is 21.1 Å². The van der Waals surface area contributed by atoms with Crippen LogP contribution in [-0.2, 0) is 4.79 Å². The van der Waals surface area contributed by atoms with Crippen LogP contribution in [0.5, 0.6) is 0 Å². The number of carboxylic acid groups (broad SMARTS) is 1. The van der Waals surface area contributed by atoms with E-state index in [1.54, 1.807) is 0 Å². The van der Waals surface area contributed by atoms with Gasteiger partial charge in [0, 0.05) is 6.08 Å². The van der Waals surface area contributed by atoms with E-state index in [1.165, 1.54) is 0 Å². The van der Waals surface area contributed by atoms with Crippen LogP contribution in [0.4, 0.5) is 0 Å². The van der Waals surface area contributed by atoms with Gasteiger partial charge in [0.15, 0.2) is 0 Å². The minimum Gasteiger partial charge on any atom is -0.478 e. The Morgan fingerprint density at radius 1 is 1.67 bits per heavy atom. The van der Waals surface area contributed by atoms with Crippen LogP contribution in [0.25, 0.3) is 0 Å². The van der Waals surface area contributed by atoms with Gasteiger partial charge in [-0.25, -0.2) is 4.79 Å². The number of carbonyl (C=O) groups is 1. The summed E-state index contributed by atoms with van der Waals surface area (Å²) < 4.78 is 0. The fourth-order valence-electron chi connectivity index (χ4n) is 0.258. The summed E-state index contributed by atoms with van der Waals surface area (Å²) in [7, 11) is 6.03. The maximum Gasteiger partial charge on any atom is 0.327 e. The van der Waals surface area contributed by atoms with Crippen molar-refractivity contribution in [2.24, 2.45) is 0 Å². The highest BCUT2D eigenvalue weighted by molar-refractivity contribution is 5.78. The van der Waals surface area contributed by atoms with Crippen molar-refractivity contribution in [2.45, 2.75) is 13.1 Å². The molecule has 0 saturated heterocycles. The first-order chi connectivity index (χ1) is 5.45. The van der Waals surface area contributed by atoms with E-state index in [1.807, 2.05) is 21.1 Å². The second-order valence-corrected chi connectivity index (χ2v) is 2.47. The zero-order chi connectivity index (χ0) is 10.1. The molecule has 0 aromatic carbocycles. The van der Waals surface area contributed by atoms with Gasteiger partial charge < -0.3 is 10.4 Å². The van der Waals surface area contributed by atoms with E-state index in [4.69, 9.17) is 5.11 Å². The van der Waals surface area contributed by atoms with Gasteiger partial charge in [0.1, 0.15) is 0 Å². The molecular weight excluding hydrogens is 156 g/mol. The summed E-state index contributed by atoms with van der Waals surface area (Å²) in [6, 6.07) is 0. The van der Waals surface area contributed by atoms with Gasteiger partial charge >= 0.3 is 5.97 Å². The van der Waals surface area contributed by atoms with Crippen LogP contribution in [0, 0.1) is 0 Å². The molecule has 0 aliphatic rings. The number of hydrogen-bond acceptors (Lipinski definition) is 3. The zero-order valence-corrected chi connectivity index (χ0v) is 8.16. The number of carboxylic acids is 1. The van der Waals surface area contributed by atoms with Gasteiger partial charge in [0.05, 0.1) is 6.17 Å². The van der Waals surface area contributed by atoms with Crippen molar-refractivity contribution in [1.82, 2.24) is 10.2 Å². The second kappa shape index (κ2) is 8.23. The summed E-state index contributed by atoms with van der Waals surface area (Å²) in [5.74, 6) is -0.981. The fourth-order valence-corrected chi connectivity index (χ4v) is 0.258. The van der Waals surface area contributed by atoms with Crippen LogP contribution in [0.2, 0.25) is 0 Å². The third kappa shape index (κ3) is 11.9. The normalized spacial score (nSPS) is 11.4. The Morgan fingerprint density at radius 3 is 2.00 bits per heavy atom. The molecule has 0 aliphatic heterocycles. The molecule has 0 bridgehead atoms. The first kappa shape index (κ1) is 13.7. The number of nitrogens with zero attached hydrogens (tertiary/aromatic N) is 1. The Labute approximate surface area is 73.9 Å². The molecule has 0 aromatic heterocycles. The van der Waals surface area contributed by atoms with Crippen molar-refractivity contribution < 1.29 is 9.90 Å². The summed E-state index contributed by atoms with van der Waals surface area (Å²) >= 11 is 0. The largest absolute Gasteiger partial charge is 0.478 e. The van der Waals surface area contributed by atoms with Gasteiger partial charge in [-0.1, -0.05) is 6.58 Å². The Bertz CT molecular complexity index is 135. The highest BCUT2D eigenvalue weighted by Gasteiger charge is 1.95. The molecule has 0 spiro atoms. The topological polar surface area (TPSA) is 52.6 Å². The predicted octanol–water partition coefficient (Wildman–Crippen LogP) is 0.370. The highest BCUT2D eigenvalue weighted by atomic mass is 16.4. The molecule has 12 heavy (non-hydrogen) atoms. The first-order valence-corrected chi connectivity index (χ1v) is 3.64. The standard InChI is InChI=1S/C5H14N2.C3H4O2/c1-5(6-2)7(3)4;1-2-3(4)5/h5-6H,1-4H3;2H,1H2,(H,4,5). The fraction of sp³-hybridized carbons (Fsp3) is 0.625. The van der Waals surface area contributed by atoms with Crippen molar-refractivity contribution in [1.29, 1.82) is 0 Å². The lowest BCUT2D eigenvalue weighted by molar-refractivity contribution is -0.131. The van der Waals surface area contributed by atoms with Crippen LogP contribution in [0.1, 0.15) is 6.92 Å². The SMILES string of the molecule is C=CC(=O)O.CNC(C)N(C)C. The average molecular weight is 174 g/mol. The average Bonchev–Trinajstić information content (AvgIpc) is 2.04. The highest BCUT2D eigenvalue weighted by Crippen LogP contribution is 1.80. The Hall–Kier alpha value is -0.870. The first-order valence-electron chi connectivity index (χ1n) is 3.64. The molecule has 0 fully saturated rings. The lowest BCUT2D eigenvalue weighted by Crippen LogP contribution is -2.35. The van der Waals surface area contributed by atoms with Gasteiger partial charge in [-0.05, 0) is 28.1 Å². The second-order valence-electron chi connectivity index (χ2n) is 2.47. The third-order valence-corrected chi connectivity index (χ3v) is 1.37. The molecule has 0 saturated carbocycles. The third-order valence-electron chi connectivity index (χ3n) is 1.37. The van der Waals surface area contributed by atoms with Crippen LogP contribution in [0.3, 0.4) is 0 Å². The molecule has 0 aromatic rings. The number of hydrogen-bond donors (Lipinski definition) is 2. The Kier molecular flexibility index (Phi) is 9.40. The molecule has 2 N–H and O–H groups in total. The number of nitrogens with one attached hydrogen (secondary N) is 1. The van der Waals surface area contributed by atoms with E-state index in [2.05, 4.69) is 23.7 Å². The van der Waals surface area contributed by atoms with Crippen LogP contribution >= 0.6 is 0 Å². The van der Waals surface area contributed by atoms with E-state index in [-0.39, 0.29) is 0 Å². The van der Waals surface area contributed by atoms with Gasteiger partial charge in [0.2, 0.25) is 0 Å². The quantitative estimate of drug-likeness (QED) is 0.479. The summed E-state index contributed by atoms with van der Waals surface area (Å²) in [4.78, 5) is 11.4. The van der Waals surface area contributed by atoms with Gasteiger partial charge in [-0.2, -0.15) is 0 Å². The molecule has 4 heteroatoms. The summed E-state index contributed by atoms with van der Waals surface area (Å²) in [6.07, 6.45) is 1.32. The van der Waals surface area contributed by atoms with E-state index < -0.39 is 5.97 Å². The molecule has 1 unspecified atom stereocenters. The molecule has 0 rings (SSSR count). The van der Waals surface area contributed by atoms with Crippen molar-refractivity contribution in [3.8, 4) is 0 Å². The molecule has 4 nitrogen and oxygen atoms in total. The summed E-state index contributed by atoms with van der Waals surface area (Å²) in [5.41, 5.74) is 0. The van der Waals surface area contributed by atoms with Gasteiger partial charge in [-0.15, -0.1) is 0 Å². The minimum atomic E-state index is -0.981. The molecule has 1 atom stereocenters. The molecule has 72 valence electrons. The smallest absolute Gasteiger partial charge is 0.327 e. The monoisotopic (exact) mass is 174 g/mol. The van der Waals surface area contributed by atoms with Crippen LogP contribution in [-0.4, -0.2) is 43.3 Å². The van der Waals surface area contributed by atoms with E-state index in [0.717, 1.165) is 6.08 Å². The van der Waals surface area contributed by atoms with Crippen molar-refractivity contribution in [3.05, 3.63) is 12.7 Å². The number of aliphatic carboxylic acids is 1. The summed E-state index contributed by atoms with van der Waals surface area (Å²) in [5, 5.41) is 10.7. The van der Waals surface area contributed by atoms with E-state index in [9.17, 15) is 4.79 Å². The van der Waals surface area contributed by atoms with Crippen molar-refractivity contribution >= 4 is 5.97 Å². The molecule has 0 radical (unpaired) electrons. The van der Waals surface area contributed by atoms with Crippen LogP contribution in [0.15, 0.2) is 12.7 Å². The zero-order valence-electron chi connectivity index (χ0n) is 8.16. The van der Waals surface area contributed by atoms with Gasteiger partial charge in [0.25, 0.3) is 0 Å².